The number of carboxylic acid groups (broad SMARTS) is 1. The number of benzene rings is 1. The summed E-state index contributed by atoms with van der Waals surface area (Å²) in [7, 11) is -4.17. The van der Waals surface area contributed by atoms with Gasteiger partial charge in [-0.15, -0.1) is 0 Å². The van der Waals surface area contributed by atoms with Crippen LogP contribution < -0.4 is 0 Å². The van der Waals surface area contributed by atoms with Gasteiger partial charge in [0, 0.05) is 0 Å². The minimum atomic E-state index is -4.65. The third kappa shape index (κ3) is 3.83. The normalized spacial score (nSPS) is 19.1. The molecule has 0 saturated carbocycles. The van der Waals surface area contributed by atoms with E-state index >= 15 is 0 Å². The molecule has 0 radical (unpaired) electrons. The van der Waals surface area contributed by atoms with Crippen molar-refractivity contribution >= 4 is 16.1 Å². The van der Waals surface area contributed by atoms with Gasteiger partial charge in [0.2, 0.25) is 10.0 Å². The first-order valence-corrected chi connectivity index (χ1v) is 9.85. The summed E-state index contributed by atoms with van der Waals surface area (Å²) in [6, 6.07) is 2.62. The molecule has 0 atom stereocenters. The molecular formula is C17H24F3N2O4S+. The molecular weight excluding hydrogens is 385 g/mol. The molecule has 0 aromatic heterocycles. The number of alkyl halides is 3. The second kappa shape index (κ2) is 6.75. The largest absolute Gasteiger partial charge is 0.514 e. The summed E-state index contributed by atoms with van der Waals surface area (Å²) in [6.45, 7) is 6.64. The molecule has 1 aromatic carbocycles. The first kappa shape index (κ1) is 21.6. The van der Waals surface area contributed by atoms with E-state index in [1.807, 2.05) is 0 Å². The smallest absolute Gasteiger partial charge is 0.435 e. The van der Waals surface area contributed by atoms with Gasteiger partial charge in [0.05, 0.1) is 23.5 Å². The Balaban J connectivity index is 2.37. The van der Waals surface area contributed by atoms with Gasteiger partial charge in [0.1, 0.15) is 18.6 Å². The Labute approximate surface area is 156 Å². The van der Waals surface area contributed by atoms with Crippen LogP contribution in [-0.2, 0) is 16.2 Å². The van der Waals surface area contributed by atoms with Crippen molar-refractivity contribution in [2.45, 2.75) is 44.3 Å². The highest BCUT2D eigenvalue weighted by Gasteiger charge is 2.51. The second-order valence-corrected chi connectivity index (χ2v) is 9.66. The number of hydrogen-bond acceptors (Lipinski definition) is 3. The molecule has 1 aromatic rings. The van der Waals surface area contributed by atoms with Gasteiger partial charge in [-0.05, 0) is 45.4 Å². The van der Waals surface area contributed by atoms with Crippen molar-refractivity contribution in [1.82, 2.24) is 4.31 Å². The van der Waals surface area contributed by atoms with Crippen molar-refractivity contribution in [2.24, 2.45) is 0 Å². The zero-order chi connectivity index (χ0) is 20.8. The summed E-state index contributed by atoms with van der Waals surface area (Å²) in [4.78, 5) is 11.4. The Hall–Kier alpha value is -1.65. The number of quaternary nitrogens is 1. The van der Waals surface area contributed by atoms with Crippen molar-refractivity contribution in [3.05, 3.63) is 29.3 Å². The third-order valence-electron chi connectivity index (χ3n) is 5.25. The van der Waals surface area contributed by atoms with Crippen LogP contribution in [0.4, 0.5) is 18.0 Å². The van der Waals surface area contributed by atoms with Gasteiger partial charge in [0.25, 0.3) is 0 Å². The standard InChI is InChI=1S/C17H23F3N2O4S/c1-12-5-6-13(17(18,19)20)11-14(12)27(25,26)21-7-9-22(10-8-21,15(23)24)16(2,3)4/h5-6,11H,7-10H2,1-4H3/p+1. The minimum absolute atomic E-state index is 0.0378. The van der Waals surface area contributed by atoms with Crippen LogP contribution in [0.3, 0.4) is 0 Å². The van der Waals surface area contributed by atoms with E-state index < -0.39 is 38.3 Å². The molecule has 1 heterocycles. The lowest BCUT2D eigenvalue weighted by Crippen LogP contribution is -2.70. The van der Waals surface area contributed by atoms with Gasteiger partial charge in [-0.2, -0.15) is 22.3 Å². The van der Waals surface area contributed by atoms with Crippen LogP contribution in [0, 0.1) is 6.92 Å². The van der Waals surface area contributed by atoms with Gasteiger partial charge in [-0.25, -0.2) is 12.9 Å². The molecule has 27 heavy (non-hydrogen) atoms. The summed E-state index contributed by atoms with van der Waals surface area (Å²) in [5.74, 6) is 0. The van der Waals surface area contributed by atoms with Gasteiger partial charge in [0.15, 0.2) is 0 Å². The number of amides is 1. The fourth-order valence-corrected chi connectivity index (χ4v) is 5.04. The van der Waals surface area contributed by atoms with E-state index in [0.717, 1.165) is 16.4 Å². The maximum absolute atomic E-state index is 13.0. The highest BCUT2D eigenvalue weighted by Crippen LogP contribution is 2.34. The number of piperazine rings is 1. The van der Waals surface area contributed by atoms with E-state index in [2.05, 4.69) is 0 Å². The summed E-state index contributed by atoms with van der Waals surface area (Å²) in [6.07, 6.45) is -5.70. The number of sulfonamides is 1. The highest BCUT2D eigenvalue weighted by atomic mass is 32.2. The summed E-state index contributed by atoms with van der Waals surface area (Å²) >= 11 is 0. The second-order valence-electron chi connectivity index (χ2n) is 7.75. The van der Waals surface area contributed by atoms with E-state index in [-0.39, 0.29) is 36.2 Å². The first-order chi connectivity index (χ1) is 12.1. The predicted molar refractivity (Wildman–Crippen MR) is 92.7 cm³/mol. The lowest BCUT2D eigenvalue weighted by atomic mass is 10.0. The lowest BCUT2D eigenvalue weighted by molar-refractivity contribution is -0.906. The fraction of sp³-hybridized carbons (Fsp3) is 0.588. The number of halogens is 3. The molecule has 6 nitrogen and oxygen atoms in total. The summed E-state index contributed by atoms with van der Waals surface area (Å²) in [5, 5.41) is 9.68. The molecule has 1 saturated heterocycles. The molecule has 0 spiro atoms. The van der Waals surface area contributed by atoms with Crippen LogP contribution in [-0.4, -0.2) is 60.1 Å². The summed E-state index contributed by atoms with van der Waals surface area (Å²) in [5.41, 5.74) is -1.47. The van der Waals surface area contributed by atoms with Gasteiger partial charge in [-0.3, -0.25) is 0 Å². The number of nitrogens with zero attached hydrogens (tertiary/aromatic N) is 2. The van der Waals surface area contributed by atoms with Crippen LogP contribution in [0.1, 0.15) is 31.9 Å². The van der Waals surface area contributed by atoms with E-state index in [1.54, 1.807) is 20.8 Å². The molecule has 0 bridgehead atoms. The number of rotatable bonds is 2. The van der Waals surface area contributed by atoms with E-state index in [4.69, 9.17) is 0 Å². The van der Waals surface area contributed by atoms with E-state index in [0.29, 0.717) is 6.07 Å². The number of hydrogen-bond donors (Lipinski definition) is 1. The average molecular weight is 409 g/mol. The molecule has 152 valence electrons. The Morgan fingerprint density at radius 2 is 1.67 bits per heavy atom. The average Bonchev–Trinajstić information content (AvgIpc) is 2.52. The predicted octanol–water partition coefficient (Wildman–Crippen LogP) is 3.31. The zero-order valence-electron chi connectivity index (χ0n) is 15.7. The van der Waals surface area contributed by atoms with Crippen molar-refractivity contribution in [3.8, 4) is 0 Å². The molecule has 1 fully saturated rings. The quantitative estimate of drug-likeness (QED) is 0.761. The topological polar surface area (TPSA) is 74.7 Å². The fourth-order valence-electron chi connectivity index (χ4n) is 3.37. The third-order valence-corrected chi connectivity index (χ3v) is 7.29. The number of carbonyl (C=O) groups is 1. The van der Waals surface area contributed by atoms with Crippen molar-refractivity contribution in [3.63, 3.8) is 0 Å². The maximum atomic E-state index is 13.0. The first-order valence-electron chi connectivity index (χ1n) is 8.41. The van der Waals surface area contributed by atoms with Crippen LogP contribution in [0.5, 0.6) is 0 Å². The maximum Gasteiger partial charge on any atom is 0.514 e. The number of aryl methyl sites for hydroxylation is 1. The molecule has 2 rings (SSSR count). The van der Waals surface area contributed by atoms with Gasteiger partial charge >= 0.3 is 12.3 Å². The van der Waals surface area contributed by atoms with Crippen LogP contribution in [0.2, 0.25) is 0 Å². The molecule has 1 amide bonds. The molecule has 0 aliphatic carbocycles. The van der Waals surface area contributed by atoms with E-state index in [1.165, 1.54) is 6.92 Å². The minimum Gasteiger partial charge on any atom is -0.435 e. The highest BCUT2D eigenvalue weighted by molar-refractivity contribution is 7.89. The summed E-state index contributed by atoms with van der Waals surface area (Å²) < 4.78 is 65.5. The molecule has 1 aliphatic rings. The zero-order valence-corrected chi connectivity index (χ0v) is 16.5. The Morgan fingerprint density at radius 1 is 1.15 bits per heavy atom. The Kier molecular flexibility index (Phi) is 5.41. The van der Waals surface area contributed by atoms with Crippen molar-refractivity contribution < 1.29 is 36.0 Å². The Bertz CT molecular complexity index is 837. The van der Waals surface area contributed by atoms with Crippen LogP contribution in [0.15, 0.2) is 23.1 Å². The Morgan fingerprint density at radius 3 is 2.07 bits per heavy atom. The van der Waals surface area contributed by atoms with E-state index in [9.17, 15) is 31.5 Å². The monoisotopic (exact) mass is 409 g/mol. The molecule has 1 aliphatic heterocycles. The van der Waals surface area contributed by atoms with Gasteiger partial charge in [-0.1, -0.05) is 6.07 Å². The molecule has 1 N–H and O–H groups in total. The van der Waals surface area contributed by atoms with Crippen molar-refractivity contribution in [2.75, 3.05) is 26.2 Å². The van der Waals surface area contributed by atoms with Gasteiger partial charge < -0.3 is 5.11 Å². The van der Waals surface area contributed by atoms with Crippen LogP contribution >= 0.6 is 0 Å². The van der Waals surface area contributed by atoms with Crippen molar-refractivity contribution in [1.29, 1.82) is 0 Å². The molecule has 10 heteroatoms. The lowest BCUT2D eigenvalue weighted by Gasteiger charge is -2.47. The SMILES string of the molecule is Cc1ccc(C(F)(F)F)cc1S(=O)(=O)N1CC[N+](C(=O)O)(C(C)(C)C)CC1. The van der Waals surface area contributed by atoms with Crippen LogP contribution in [0.25, 0.3) is 0 Å². The molecule has 0 unspecified atom stereocenters.